The third-order valence-corrected chi connectivity index (χ3v) is 6.01. The summed E-state index contributed by atoms with van der Waals surface area (Å²) in [5.74, 6) is -1.10. The fraction of sp³-hybridized carbons (Fsp3) is 0.174. The van der Waals surface area contributed by atoms with Gasteiger partial charge in [0, 0.05) is 18.3 Å². The molecule has 0 fully saturated rings. The van der Waals surface area contributed by atoms with Gasteiger partial charge in [0.2, 0.25) is 5.95 Å². The molecule has 4 rings (SSSR count). The van der Waals surface area contributed by atoms with Crippen molar-refractivity contribution in [2.45, 2.75) is 19.4 Å². The number of fused-ring (bicyclic) bond motifs is 1. The highest BCUT2D eigenvalue weighted by molar-refractivity contribution is 6.42. The quantitative estimate of drug-likeness (QED) is 0.368. The molecule has 4 N–H and O–H groups in total. The highest BCUT2D eigenvalue weighted by Gasteiger charge is 2.20. The second kappa shape index (κ2) is 9.35. The van der Waals surface area contributed by atoms with E-state index in [0.29, 0.717) is 32.4 Å². The molecule has 0 radical (unpaired) electrons. The molecule has 7 nitrogen and oxygen atoms in total. The predicted octanol–water partition coefficient (Wildman–Crippen LogP) is 4.59. The summed E-state index contributed by atoms with van der Waals surface area (Å²) < 4.78 is 16.9. The molecule has 170 valence electrons. The van der Waals surface area contributed by atoms with Crippen LogP contribution in [-0.2, 0) is 0 Å². The van der Waals surface area contributed by atoms with Crippen LogP contribution in [0, 0.1) is 12.7 Å². The minimum Gasteiger partial charge on any atom is -0.388 e. The third-order valence-electron chi connectivity index (χ3n) is 5.27. The van der Waals surface area contributed by atoms with E-state index in [4.69, 9.17) is 28.9 Å². The number of aliphatic hydroxyl groups is 1. The zero-order chi connectivity index (χ0) is 23.7. The Hall–Kier alpha value is -3.20. The second-order valence-electron chi connectivity index (χ2n) is 7.54. The average molecular weight is 488 g/mol. The van der Waals surface area contributed by atoms with Gasteiger partial charge in [0.1, 0.15) is 5.82 Å². The molecule has 0 unspecified atom stereocenters. The number of aliphatic hydroxyl groups excluding tert-OH is 1. The maximum absolute atomic E-state index is 15.4. The zero-order valence-electron chi connectivity index (χ0n) is 17.5. The molecule has 0 aliphatic carbocycles. The molecule has 0 bridgehead atoms. The predicted molar refractivity (Wildman–Crippen MR) is 126 cm³/mol. The van der Waals surface area contributed by atoms with Crippen LogP contribution in [0.5, 0.6) is 0 Å². The summed E-state index contributed by atoms with van der Waals surface area (Å²) in [5, 5.41) is 17.8. The minimum atomic E-state index is -0.861. The number of nitrogen functional groups attached to an aromatic ring is 1. The third kappa shape index (κ3) is 4.78. The van der Waals surface area contributed by atoms with Crippen LogP contribution in [0.1, 0.15) is 34.0 Å². The number of amides is 1. The molecule has 0 saturated carbocycles. The van der Waals surface area contributed by atoms with E-state index in [1.807, 2.05) is 0 Å². The number of nitrogens with zero attached hydrogens (tertiary/aromatic N) is 3. The maximum Gasteiger partial charge on any atom is 0.254 e. The van der Waals surface area contributed by atoms with Crippen molar-refractivity contribution >= 4 is 40.7 Å². The highest BCUT2D eigenvalue weighted by Crippen LogP contribution is 2.29. The van der Waals surface area contributed by atoms with Crippen LogP contribution < -0.4 is 11.1 Å². The SMILES string of the molecule is Cc1ccc(-c2ccn3nc(N)nc3c2)c(F)c1C(=O)NCC[C@H](O)c1ccc(Cl)c(Cl)c1. The zero-order valence-corrected chi connectivity index (χ0v) is 19.0. The Morgan fingerprint density at radius 1 is 1.21 bits per heavy atom. The molecule has 2 aromatic heterocycles. The molecule has 0 spiro atoms. The molecular formula is C23H20Cl2FN5O2. The van der Waals surface area contributed by atoms with Crippen LogP contribution in [0.3, 0.4) is 0 Å². The number of rotatable bonds is 6. The number of aromatic nitrogens is 3. The molecule has 10 heteroatoms. The van der Waals surface area contributed by atoms with E-state index < -0.39 is 17.8 Å². The molecule has 4 aromatic rings. The summed E-state index contributed by atoms with van der Waals surface area (Å²) in [6.45, 7) is 1.79. The van der Waals surface area contributed by atoms with Gasteiger partial charge in [0.25, 0.3) is 5.91 Å². The summed E-state index contributed by atoms with van der Waals surface area (Å²) in [6, 6.07) is 11.4. The lowest BCUT2D eigenvalue weighted by Crippen LogP contribution is -2.27. The Morgan fingerprint density at radius 2 is 2.00 bits per heavy atom. The van der Waals surface area contributed by atoms with Crippen molar-refractivity contribution in [3.63, 3.8) is 0 Å². The monoisotopic (exact) mass is 487 g/mol. The highest BCUT2D eigenvalue weighted by atomic mass is 35.5. The number of carbonyl (C=O) groups excluding carboxylic acids is 1. The first kappa shape index (κ1) is 23.0. The molecule has 2 heterocycles. The Labute approximate surface area is 199 Å². The van der Waals surface area contributed by atoms with Crippen molar-refractivity contribution in [2.24, 2.45) is 0 Å². The number of carbonyl (C=O) groups is 1. The van der Waals surface area contributed by atoms with E-state index in [-0.39, 0.29) is 30.0 Å². The topological polar surface area (TPSA) is 106 Å². The van der Waals surface area contributed by atoms with Crippen LogP contribution >= 0.6 is 23.2 Å². The van der Waals surface area contributed by atoms with Crippen molar-refractivity contribution < 1.29 is 14.3 Å². The Morgan fingerprint density at radius 3 is 2.76 bits per heavy atom. The molecular weight excluding hydrogens is 468 g/mol. The lowest BCUT2D eigenvalue weighted by atomic mass is 9.98. The van der Waals surface area contributed by atoms with Gasteiger partial charge in [0.05, 0.1) is 21.7 Å². The molecule has 0 aliphatic heterocycles. The van der Waals surface area contributed by atoms with Gasteiger partial charge in [-0.15, -0.1) is 5.10 Å². The molecule has 1 amide bonds. The average Bonchev–Trinajstić information content (AvgIpc) is 3.15. The second-order valence-corrected chi connectivity index (χ2v) is 8.36. The van der Waals surface area contributed by atoms with E-state index in [1.165, 1.54) is 4.52 Å². The van der Waals surface area contributed by atoms with E-state index in [0.717, 1.165) is 0 Å². The van der Waals surface area contributed by atoms with Gasteiger partial charge in [-0.05, 0) is 54.3 Å². The standard InChI is InChI=1S/C23H20Cl2FN5O2/c1-12-2-4-15(13-7-9-31-19(11-13)29-23(27)30-31)21(26)20(12)22(33)28-8-6-18(32)14-3-5-16(24)17(25)10-14/h2-5,7,9-11,18,32H,6,8H2,1H3,(H2,27,30)(H,28,33)/t18-/m0/s1. The van der Waals surface area contributed by atoms with Gasteiger partial charge in [-0.25, -0.2) is 8.91 Å². The van der Waals surface area contributed by atoms with Gasteiger partial charge in [-0.2, -0.15) is 4.98 Å². The lowest BCUT2D eigenvalue weighted by molar-refractivity contribution is 0.0938. The summed E-state index contributed by atoms with van der Waals surface area (Å²) in [4.78, 5) is 16.9. The first-order valence-corrected chi connectivity index (χ1v) is 10.8. The van der Waals surface area contributed by atoms with E-state index in [1.54, 1.807) is 55.6 Å². The minimum absolute atomic E-state index is 0.0580. The van der Waals surface area contributed by atoms with Crippen LogP contribution in [0.15, 0.2) is 48.7 Å². The number of hydrogen-bond donors (Lipinski definition) is 3. The fourth-order valence-electron chi connectivity index (χ4n) is 3.54. The van der Waals surface area contributed by atoms with Gasteiger partial charge in [0.15, 0.2) is 5.65 Å². The maximum atomic E-state index is 15.4. The molecule has 1 atom stereocenters. The van der Waals surface area contributed by atoms with Gasteiger partial charge in [-0.3, -0.25) is 4.79 Å². The van der Waals surface area contributed by atoms with Crippen LogP contribution in [-0.4, -0.2) is 32.2 Å². The summed E-state index contributed by atoms with van der Waals surface area (Å²) >= 11 is 11.9. The number of aryl methyl sites for hydroxylation is 1. The number of benzene rings is 2. The van der Waals surface area contributed by atoms with Crippen molar-refractivity contribution in [1.82, 2.24) is 19.9 Å². The van der Waals surface area contributed by atoms with Crippen molar-refractivity contribution in [2.75, 3.05) is 12.3 Å². The van der Waals surface area contributed by atoms with Gasteiger partial charge in [-0.1, -0.05) is 41.4 Å². The van der Waals surface area contributed by atoms with Gasteiger partial charge >= 0.3 is 0 Å². The number of hydrogen-bond acceptors (Lipinski definition) is 5. The van der Waals surface area contributed by atoms with E-state index in [9.17, 15) is 9.90 Å². The van der Waals surface area contributed by atoms with Crippen LogP contribution in [0.4, 0.5) is 10.3 Å². The molecule has 33 heavy (non-hydrogen) atoms. The lowest BCUT2D eigenvalue weighted by Gasteiger charge is -2.14. The number of anilines is 1. The van der Waals surface area contributed by atoms with Crippen molar-refractivity contribution in [1.29, 1.82) is 0 Å². The Kier molecular flexibility index (Phi) is 6.51. The molecule has 2 aromatic carbocycles. The smallest absolute Gasteiger partial charge is 0.254 e. The van der Waals surface area contributed by atoms with Crippen LogP contribution in [0.25, 0.3) is 16.8 Å². The largest absolute Gasteiger partial charge is 0.388 e. The number of nitrogens with one attached hydrogen (secondary N) is 1. The molecule has 0 saturated heterocycles. The van der Waals surface area contributed by atoms with Gasteiger partial charge < -0.3 is 16.2 Å². The first-order valence-electron chi connectivity index (χ1n) is 10.1. The summed E-state index contributed by atoms with van der Waals surface area (Å²) in [6.07, 6.45) is 0.978. The number of nitrogens with two attached hydrogens (primary N) is 1. The number of pyridine rings is 1. The molecule has 0 aliphatic rings. The fourth-order valence-corrected chi connectivity index (χ4v) is 3.84. The van der Waals surface area contributed by atoms with Crippen molar-refractivity contribution in [3.05, 3.63) is 81.2 Å². The van der Waals surface area contributed by atoms with Crippen LogP contribution in [0.2, 0.25) is 10.0 Å². The normalized spacial score (nSPS) is 12.2. The van der Waals surface area contributed by atoms with E-state index in [2.05, 4.69) is 15.4 Å². The first-order chi connectivity index (χ1) is 15.7. The summed E-state index contributed by atoms with van der Waals surface area (Å²) in [7, 11) is 0. The summed E-state index contributed by atoms with van der Waals surface area (Å²) in [5.41, 5.74) is 7.88. The number of halogens is 3. The van der Waals surface area contributed by atoms with E-state index >= 15 is 4.39 Å². The van der Waals surface area contributed by atoms with Crippen molar-refractivity contribution in [3.8, 4) is 11.1 Å². The Balaban J connectivity index is 1.50. The Bertz CT molecular complexity index is 1360.